The first-order chi connectivity index (χ1) is 14.5. The van der Waals surface area contributed by atoms with Crippen molar-refractivity contribution in [1.29, 1.82) is 5.26 Å². The number of hydrogen-bond acceptors (Lipinski definition) is 5. The number of esters is 1. The Morgan fingerprint density at radius 3 is 2.27 bits per heavy atom. The van der Waals surface area contributed by atoms with E-state index in [0.29, 0.717) is 16.9 Å². The lowest BCUT2D eigenvalue weighted by atomic mass is 9.97. The summed E-state index contributed by atoms with van der Waals surface area (Å²) in [7, 11) is 0. The zero-order valence-electron chi connectivity index (χ0n) is 17.3. The van der Waals surface area contributed by atoms with Crippen LogP contribution in [0.15, 0.2) is 48.5 Å². The van der Waals surface area contributed by atoms with Gasteiger partial charge in [0.15, 0.2) is 6.61 Å². The fraction of sp³-hybridized carbons (Fsp3) is 0.375. The van der Waals surface area contributed by atoms with Crippen LogP contribution in [0.4, 0.5) is 0 Å². The van der Waals surface area contributed by atoms with Gasteiger partial charge in [0.05, 0.1) is 17.2 Å². The van der Waals surface area contributed by atoms with Crippen LogP contribution in [-0.2, 0) is 16.1 Å². The highest BCUT2D eigenvalue weighted by Gasteiger charge is 2.28. The van der Waals surface area contributed by atoms with E-state index in [-0.39, 0.29) is 31.2 Å². The van der Waals surface area contributed by atoms with Crippen LogP contribution in [0.5, 0.6) is 5.75 Å². The Labute approximate surface area is 177 Å². The van der Waals surface area contributed by atoms with E-state index in [2.05, 4.69) is 13.8 Å². The summed E-state index contributed by atoms with van der Waals surface area (Å²) in [6.07, 6.45) is 3.19. The fourth-order valence-electron chi connectivity index (χ4n) is 3.73. The summed E-state index contributed by atoms with van der Waals surface area (Å²) in [5, 5.41) is 8.81. The van der Waals surface area contributed by atoms with Crippen molar-refractivity contribution in [3.8, 4) is 11.8 Å². The summed E-state index contributed by atoms with van der Waals surface area (Å²) in [5.41, 5.74) is 1.77. The number of likely N-dealkylation sites (tertiary alicyclic amines) is 1. The molecule has 0 spiro atoms. The van der Waals surface area contributed by atoms with Crippen molar-refractivity contribution >= 4 is 11.9 Å². The van der Waals surface area contributed by atoms with Crippen molar-refractivity contribution in [1.82, 2.24) is 4.90 Å². The maximum absolute atomic E-state index is 12.5. The van der Waals surface area contributed by atoms with E-state index >= 15 is 0 Å². The lowest BCUT2D eigenvalue weighted by Crippen LogP contribution is -2.49. The molecule has 2 aromatic rings. The van der Waals surface area contributed by atoms with Gasteiger partial charge in [-0.25, -0.2) is 4.79 Å². The smallest absolute Gasteiger partial charge is 0.338 e. The predicted octanol–water partition coefficient (Wildman–Crippen LogP) is 4.08. The fourth-order valence-corrected chi connectivity index (χ4v) is 3.73. The second-order valence-electron chi connectivity index (χ2n) is 7.63. The van der Waals surface area contributed by atoms with Crippen LogP contribution >= 0.6 is 0 Å². The van der Waals surface area contributed by atoms with E-state index in [4.69, 9.17) is 14.7 Å². The first-order valence-corrected chi connectivity index (χ1v) is 10.2. The van der Waals surface area contributed by atoms with E-state index in [0.717, 1.165) is 24.8 Å². The Morgan fingerprint density at radius 2 is 1.67 bits per heavy atom. The van der Waals surface area contributed by atoms with E-state index < -0.39 is 5.97 Å². The minimum Gasteiger partial charge on any atom is -0.484 e. The molecule has 0 aromatic heterocycles. The first kappa shape index (κ1) is 21.4. The molecule has 2 aromatic carbocycles. The minimum absolute atomic E-state index is 0.0133. The van der Waals surface area contributed by atoms with Crippen molar-refractivity contribution < 1.29 is 19.1 Å². The molecular formula is C24H26N2O4. The molecule has 0 saturated carbocycles. The molecule has 1 aliphatic rings. The van der Waals surface area contributed by atoms with Gasteiger partial charge in [-0.15, -0.1) is 0 Å². The van der Waals surface area contributed by atoms with E-state index in [9.17, 15) is 9.59 Å². The Kier molecular flexibility index (Phi) is 7.08. The second-order valence-corrected chi connectivity index (χ2v) is 7.63. The highest BCUT2D eigenvalue weighted by molar-refractivity contribution is 5.89. The van der Waals surface area contributed by atoms with Crippen molar-refractivity contribution in [2.45, 2.75) is 51.8 Å². The molecule has 0 N–H and O–H groups in total. The van der Waals surface area contributed by atoms with Crippen molar-refractivity contribution in [2.75, 3.05) is 6.61 Å². The summed E-state index contributed by atoms with van der Waals surface area (Å²) in [4.78, 5) is 26.7. The van der Waals surface area contributed by atoms with E-state index in [1.807, 2.05) is 11.0 Å². The number of ether oxygens (including phenoxy) is 2. The quantitative estimate of drug-likeness (QED) is 0.675. The predicted molar refractivity (Wildman–Crippen MR) is 112 cm³/mol. The average molecular weight is 406 g/mol. The normalized spacial score (nSPS) is 18.4. The Hall–Kier alpha value is -3.33. The third kappa shape index (κ3) is 5.38. The van der Waals surface area contributed by atoms with E-state index in [1.54, 1.807) is 48.5 Å². The van der Waals surface area contributed by atoms with Gasteiger partial charge in [0.25, 0.3) is 5.91 Å². The molecule has 1 heterocycles. The molecule has 1 aliphatic heterocycles. The summed E-state index contributed by atoms with van der Waals surface area (Å²) in [6, 6.07) is 15.9. The Balaban J connectivity index is 1.49. The molecule has 0 radical (unpaired) electrons. The maximum atomic E-state index is 12.5. The zero-order chi connectivity index (χ0) is 21.5. The van der Waals surface area contributed by atoms with Crippen LogP contribution in [0.3, 0.4) is 0 Å². The van der Waals surface area contributed by atoms with Crippen LogP contribution in [0.2, 0.25) is 0 Å². The summed E-state index contributed by atoms with van der Waals surface area (Å²) in [6.45, 7) is 4.26. The highest BCUT2D eigenvalue weighted by atomic mass is 16.5. The van der Waals surface area contributed by atoms with Crippen LogP contribution in [0, 0.1) is 11.3 Å². The molecule has 6 nitrogen and oxygen atoms in total. The average Bonchev–Trinajstić information content (AvgIpc) is 2.76. The van der Waals surface area contributed by atoms with Gasteiger partial charge in [-0.05, 0) is 75.1 Å². The van der Waals surface area contributed by atoms with Gasteiger partial charge >= 0.3 is 5.97 Å². The lowest BCUT2D eigenvalue weighted by Gasteiger charge is -2.38. The van der Waals surface area contributed by atoms with Gasteiger partial charge < -0.3 is 14.4 Å². The van der Waals surface area contributed by atoms with Gasteiger partial charge in [-0.2, -0.15) is 5.26 Å². The largest absolute Gasteiger partial charge is 0.484 e. The molecule has 1 saturated heterocycles. The number of benzene rings is 2. The van der Waals surface area contributed by atoms with Gasteiger partial charge in [0, 0.05) is 12.1 Å². The monoisotopic (exact) mass is 406 g/mol. The molecule has 156 valence electrons. The third-order valence-electron chi connectivity index (χ3n) is 5.39. The number of nitriles is 1. The van der Waals surface area contributed by atoms with Gasteiger partial charge in [-0.1, -0.05) is 12.1 Å². The number of amides is 1. The minimum atomic E-state index is -0.446. The summed E-state index contributed by atoms with van der Waals surface area (Å²) >= 11 is 0. The van der Waals surface area contributed by atoms with Gasteiger partial charge in [0.2, 0.25) is 0 Å². The van der Waals surface area contributed by atoms with Crippen LogP contribution < -0.4 is 4.74 Å². The SMILES string of the molecule is CC1CCCC(C)N1C(=O)COc1ccc(C(=O)OCc2ccc(C#N)cc2)cc1. The maximum Gasteiger partial charge on any atom is 0.338 e. The summed E-state index contributed by atoms with van der Waals surface area (Å²) in [5.74, 6) is 0.0721. The number of carbonyl (C=O) groups is 2. The number of nitrogens with zero attached hydrogens (tertiary/aromatic N) is 2. The first-order valence-electron chi connectivity index (χ1n) is 10.2. The Morgan fingerprint density at radius 1 is 1.03 bits per heavy atom. The molecule has 2 atom stereocenters. The molecule has 1 fully saturated rings. The van der Waals surface area contributed by atoms with Crippen LogP contribution in [-0.4, -0.2) is 35.5 Å². The number of carbonyl (C=O) groups excluding carboxylic acids is 2. The highest BCUT2D eigenvalue weighted by Crippen LogP contribution is 2.23. The molecule has 6 heteroatoms. The molecule has 0 bridgehead atoms. The molecule has 3 rings (SSSR count). The van der Waals surface area contributed by atoms with Crippen molar-refractivity contribution in [2.24, 2.45) is 0 Å². The van der Waals surface area contributed by atoms with Crippen molar-refractivity contribution in [3.63, 3.8) is 0 Å². The van der Waals surface area contributed by atoms with E-state index in [1.165, 1.54) is 0 Å². The Bertz CT molecular complexity index is 906. The second kappa shape index (κ2) is 9.93. The standard InChI is InChI=1S/C24H26N2O4/c1-17-4-3-5-18(2)26(17)23(27)16-29-22-12-10-21(11-13-22)24(28)30-15-20-8-6-19(14-25)7-9-20/h6-13,17-18H,3-5,15-16H2,1-2H3. The number of rotatable bonds is 6. The van der Waals surface area contributed by atoms with Gasteiger partial charge in [0.1, 0.15) is 12.4 Å². The molecule has 0 aliphatic carbocycles. The number of hydrogen-bond donors (Lipinski definition) is 0. The molecule has 1 amide bonds. The third-order valence-corrected chi connectivity index (χ3v) is 5.39. The van der Waals surface area contributed by atoms with Crippen molar-refractivity contribution in [3.05, 3.63) is 65.2 Å². The zero-order valence-corrected chi connectivity index (χ0v) is 17.3. The topological polar surface area (TPSA) is 79.6 Å². The van der Waals surface area contributed by atoms with Crippen LogP contribution in [0.1, 0.15) is 54.6 Å². The molecular weight excluding hydrogens is 380 g/mol. The number of piperidine rings is 1. The summed E-state index contributed by atoms with van der Waals surface area (Å²) < 4.78 is 10.9. The van der Waals surface area contributed by atoms with Crippen LogP contribution in [0.25, 0.3) is 0 Å². The molecule has 2 unspecified atom stereocenters. The van der Waals surface area contributed by atoms with Gasteiger partial charge in [-0.3, -0.25) is 4.79 Å². The lowest BCUT2D eigenvalue weighted by molar-refractivity contribution is -0.139. The molecule has 30 heavy (non-hydrogen) atoms.